The smallest absolute Gasteiger partial charge is 0.294 e. The summed E-state index contributed by atoms with van der Waals surface area (Å²) in [6.45, 7) is 2.89. The lowest BCUT2D eigenvalue weighted by molar-refractivity contribution is -0.171. The molecule has 0 saturated heterocycles. The number of hydrogen-bond donors (Lipinski definition) is 0. The predicted octanol–water partition coefficient (Wildman–Crippen LogP) is 2.04. The Morgan fingerprint density at radius 3 is 2.08 bits per heavy atom. The molecule has 0 rings (SSSR count). The van der Waals surface area contributed by atoms with Gasteiger partial charge in [0.05, 0.1) is 6.42 Å². The van der Waals surface area contributed by atoms with Crippen LogP contribution in [-0.2, 0) is 9.59 Å². The summed E-state index contributed by atoms with van der Waals surface area (Å²) in [4.78, 5) is 21.2. The third-order valence-corrected chi connectivity index (χ3v) is 1.51. The average Bonchev–Trinajstić information content (AvgIpc) is 2.01. The van der Waals surface area contributed by atoms with E-state index < -0.39 is 24.2 Å². The number of rotatable bonds is 3. The topological polar surface area (TPSA) is 34.1 Å². The molecule has 0 fully saturated rings. The molecule has 0 aliphatic carbocycles. The fraction of sp³-hybridized carbons (Fsp3) is 0.500. The second kappa shape index (κ2) is 4.20. The van der Waals surface area contributed by atoms with Crippen molar-refractivity contribution in [3.05, 3.63) is 11.6 Å². The van der Waals surface area contributed by atoms with Crippen LogP contribution >= 0.6 is 0 Å². The number of ketones is 2. The van der Waals surface area contributed by atoms with Crippen LogP contribution in [0.4, 0.5) is 13.2 Å². The Hall–Kier alpha value is -1.13. The van der Waals surface area contributed by atoms with Crippen molar-refractivity contribution in [3.8, 4) is 0 Å². The highest BCUT2D eigenvalue weighted by molar-refractivity contribution is 6.08. The lowest BCUT2D eigenvalue weighted by atomic mass is 10.1. The van der Waals surface area contributed by atoms with E-state index in [1.165, 1.54) is 19.9 Å². The molecule has 0 radical (unpaired) electrons. The highest BCUT2D eigenvalue weighted by Crippen LogP contribution is 2.18. The first kappa shape index (κ1) is 11.9. The highest BCUT2D eigenvalue weighted by Gasteiger charge is 2.39. The lowest BCUT2D eigenvalue weighted by Crippen LogP contribution is -2.25. The van der Waals surface area contributed by atoms with Crippen LogP contribution in [0, 0.1) is 0 Å². The third-order valence-electron chi connectivity index (χ3n) is 1.51. The van der Waals surface area contributed by atoms with Crippen LogP contribution < -0.4 is 0 Å². The second-order valence-corrected chi connectivity index (χ2v) is 2.49. The highest BCUT2D eigenvalue weighted by atomic mass is 19.4. The molecule has 0 amide bonds. The Kier molecular flexibility index (Phi) is 3.84. The molecule has 2 nitrogen and oxygen atoms in total. The quantitative estimate of drug-likeness (QED) is 0.509. The monoisotopic (exact) mass is 194 g/mol. The molecule has 0 saturated carbocycles. The van der Waals surface area contributed by atoms with E-state index in [4.69, 9.17) is 0 Å². The number of hydrogen-bond acceptors (Lipinski definition) is 2. The predicted molar refractivity (Wildman–Crippen MR) is 40.1 cm³/mol. The summed E-state index contributed by atoms with van der Waals surface area (Å²) in [6, 6.07) is 0. The molecule has 0 aromatic carbocycles. The van der Waals surface area contributed by atoms with E-state index in [1.807, 2.05) is 0 Å². The molecule has 0 atom stereocenters. The number of halogens is 3. The van der Waals surface area contributed by atoms with E-state index in [0.717, 1.165) is 0 Å². The van der Waals surface area contributed by atoms with Crippen LogP contribution in [0.2, 0.25) is 0 Å². The van der Waals surface area contributed by atoms with Gasteiger partial charge in [0.25, 0.3) is 0 Å². The minimum Gasteiger partial charge on any atom is -0.294 e. The summed E-state index contributed by atoms with van der Waals surface area (Å²) in [6.07, 6.45) is -4.64. The van der Waals surface area contributed by atoms with E-state index in [1.54, 1.807) is 0 Å². The van der Waals surface area contributed by atoms with Gasteiger partial charge in [0, 0.05) is 0 Å². The van der Waals surface area contributed by atoms with Gasteiger partial charge in [0.1, 0.15) is 0 Å². The molecule has 0 aliphatic heterocycles. The van der Waals surface area contributed by atoms with Gasteiger partial charge in [-0.3, -0.25) is 9.59 Å². The summed E-state index contributed by atoms with van der Waals surface area (Å²) >= 11 is 0. The normalized spacial score (nSPS) is 12.8. The third kappa shape index (κ3) is 3.87. The number of carbonyl (C=O) groups excluding carboxylic acids is 2. The maximum absolute atomic E-state index is 11.7. The zero-order valence-electron chi connectivity index (χ0n) is 7.23. The summed E-state index contributed by atoms with van der Waals surface area (Å²) in [7, 11) is 0. The molecule has 0 unspecified atom stereocenters. The average molecular weight is 194 g/mol. The van der Waals surface area contributed by atoms with E-state index >= 15 is 0 Å². The Bertz CT molecular complexity index is 251. The molecule has 0 aliphatic rings. The summed E-state index contributed by atoms with van der Waals surface area (Å²) in [5.41, 5.74) is 0.164. The summed E-state index contributed by atoms with van der Waals surface area (Å²) in [5.74, 6) is -2.79. The zero-order chi connectivity index (χ0) is 10.6. The van der Waals surface area contributed by atoms with Crippen LogP contribution in [-0.4, -0.2) is 17.7 Å². The van der Waals surface area contributed by atoms with Crippen molar-refractivity contribution in [3.63, 3.8) is 0 Å². The molecule has 0 N–H and O–H groups in total. The van der Waals surface area contributed by atoms with Gasteiger partial charge in [-0.25, -0.2) is 0 Å². The van der Waals surface area contributed by atoms with Gasteiger partial charge in [0.2, 0.25) is 5.78 Å². The van der Waals surface area contributed by atoms with Gasteiger partial charge in [-0.15, -0.1) is 0 Å². The molecule has 0 aromatic rings. The Morgan fingerprint density at radius 1 is 1.31 bits per heavy atom. The maximum Gasteiger partial charge on any atom is 0.450 e. The largest absolute Gasteiger partial charge is 0.450 e. The van der Waals surface area contributed by atoms with Crippen molar-refractivity contribution in [2.45, 2.75) is 26.4 Å². The standard InChI is InChI=1S/C8H9F3O2/c1-3-5(2)6(12)4-7(13)8(9,10)11/h3H,4H2,1-2H3/b5-3+. The molecule has 0 spiro atoms. The molecule has 5 heteroatoms. The number of allylic oxidation sites excluding steroid dienone is 2. The van der Waals surface area contributed by atoms with Crippen molar-refractivity contribution in [2.24, 2.45) is 0 Å². The summed E-state index contributed by atoms with van der Waals surface area (Å²) < 4.78 is 35.0. The SMILES string of the molecule is C/C=C(\C)C(=O)CC(=O)C(F)(F)F. The Morgan fingerprint density at radius 2 is 1.77 bits per heavy atom. The fourth-order valence-corrected chi connectivity index (χ4v) is 0.546. The first-order chi connectivity index (χ1) is 5.79. The van der Waals surface area contributed by atoms with Crippen LogP contribution in [0.25, 0.3) is 0 Å². The lowest BCUT2D eigenvalue weighted by Gasteiger charge is -2.03. The van der Waals surface area contributed by atoms with Gasteiger partial charge in [-0.2, -0.15) is 13.2 Å². The van der Waals surface area contributed by atoms with Crippen molar-refractivity contribution in [2.75, 3.05) is 0 Å². The minimum atomic E-state index is -4.91. The number of alkyl halides is 3. The molecule has 13 heavy (non-hydrogen) atoms. The van der Waals surface area contributed by atoms with Crippen molar-refractivity contribution >= 4 is 11.6 Å². The van der Waals surface area contributed by atoms with Crippen molar-refractivity contribution in [1.82, 2.24) is 0 Å². The van der Waals surface area contributed by atoms with Gasteiger partial charge in [-0.05, 0) is 19.4 Å². The first-order valence-electron chi connectivity index (χ1n) is 3.55. The zero-order valence-corrected chi connectivity index (χ0v) is 7.23. The van der Waals surface area contributed by atoms with Gasteiger partial charge in [0.15, 0.2) is 5.78 Å². The minimum absolute atomic E-state index is 0.164. The van der Waals surface area contributed by atoms with E-state index in [-0.39, 0.29) is 5.57 Å². The molecule has 0 aromatic heterocycles. The van der Waals surface area contributed by atoms with E-state index in [2.05, 4.69) is 0 Å². The van der Waals surface area contributed by atoms with E-state index in [0.29, 0.717) is 0 Å². The first-order valence-corrected chi connectivity index (χ1v) is 3.55. The van der Waals surface area contributed by atoms with Gasteiger partial charge < -0.3 is 0 Å². The van der Waals surface area contributed by atoms with Crippen LogP contribution in [0.15, 0.2) is 11.6 Å². The summed E-state index contributed by atoms with van der Waals surface area (Å²) in [5, 5.41) is 0. The molecular formula is C8H9F3O2. The second-order valence-electron chi connectivity index (χ2n) is 2.49. The van der Waals surface area contributed by atoms with Crippen LogP contribution in [0.3, 0.4) is 0 Å². The van der Waals surface area contributed by atoms with Crippen LogP contribution in [0.1, 0.15) is 20.3 Å². The van der Waals surface area contributed by atoms with Crippen molar-refractivity contribution < 1.29 is 22.8 Å². The number of Topliss-reactive ketones (excluding diaryl/α,β-unsaturated/α-hetero) is 2. The number of carbonyl (C=O) groups is 2. The van der Waals surface area contributed by atoms with Crippen molar-refractivity contribution in [1.29, 1.82) is 0 Å². The molecular weight excluding hydrogens is 185 g/mol. The molecule has 0 heterocycles. The maximum atomic E-state index is 11.7. The fourth-order valence-electron chi connectivity index (χ4n) is 0.546. The molecule has 74 valence electrons. The van der Waals surface area contributed by atoms with E-state index in [9.17, 15) is 22.8 Å². The van der Waals surface area contributed by atoms with Gasteiger partial charge >= 0.3 is 6.18 Å². The van der Waals surface area contributed by atoms with Crippen LogP contribution in [0.5, 0.6) is 0 Å². The molecule has 0 bridgehead atoms. The Labute approximate surface area is 73.4 Å². The van der Waals surface area contributed by atoms with Gasteiger partial charge in [-0.1, -0.05) is 6.08 Å². The Balaban J connectivity index is 4.33.